The van der Waals surface area contributed by atoms with Gasteiger partial charge in [0.25, 0.3) is 11.8 Å². The number of anilines is 2. The number of halogens is 2. The van der Waals surface area contributed by atoms with Crippen LogP contribution in [0.15, 0.2) is 67.3 Å². The largest absolute Gasteiger partial charge is 0.325 e. The molecule has 2 N–H and O–H groups in total. The number of thioether (sulfide) groups is 2. The van der Waals surface area contributed by atoms with Crippen molar-refractivity contribution in [1.82, 2.24) is 9.80 Å². The zero-order valence-corrected chi connectivity index (χ0v) is 30.0. The maximum Gasteiger partial charge on any atom is 0.267 e. The quantitative estimate of drug-likeness (QED) is 0.113. The highest BCUT2D eigenvalue weighted by molar-refractivity contribution is 9.11. The molecule has 0 atom stereocenters. The second-order valence-electron chi connectivity index (χ2n) is 9.99. The number of nitrogens with one attached hydrogen (secondary N) is 2. The first-order valence-electron chi connectivity index (χ1n) is 14.1. The van der Waals surface area contributed by atoms with E-state index < -0.39 is 0 Å². The SMILES string of the molecule is O=C(CCCCCN1C(=O)/C(=C2\SC(=S)N(CCCCCC(=O)Nc3ccccc3Br)C2=O)SC1=S)Nc1ccccc1Br. The van der Waals surface area contributed by atoms with Gasteiger partial charge in [-0.15, -0.1) is 0 Å². The molecule has 2 aromatic carbocycles. The molecule has 2 aromatic rings. The minimum atomic E-state index is -0.275. The Bertz CT molecular complexity index is 1390. The van der Waals surface area contributed by atoms with E-state index in [2.05, 4.69) is 42.5 Å². The van der Waals surface area contributed by atoms with Crippen molar-refractivity contribution in [2.75, 3.05) is 23.7 Å². The molecule has 0 spiro atoms. The van der Waals surface area contributed by atoms with Gasteiger partial charge in [-0.1, -0.05) is 85.1 Å². The van der Waals surface area contributed by atoms with Crippen molar-refractivity contribution in [1.29, 1.82) is 0 Å². The van der Waals surface area contributed by atoms with Crippen molar-refractivity contribution in [3.8, 4) is 0 Å². The second-order valence-corrected chi connectivity index (χ2v) is 15.0. The van der Waals surface area contributed by atoms with Crippen LogP contribution in [-0.2, 0) is 19.2 Å². The number of para-hydroxylation sites is 2. The van der Waals surface area contributed by atoms with Gasteiger partial charge in [-0.25, -0.2) is 0 Å². The topological polar surface area (TPSA) is 98.8 Å². The zero-order valence-electron chi connectivity index (χ0n) is 23.6. The molecule has 0 radical (unpaired) electrons. The molecule has 14 heteroatoms. The molecule has 4 amide bonds. The molecule has 0 aliphatic carbocycles. The van der Waals surface area contributed by atoms with Gasteiger partial charge in [0.05, 0.1) is 21.2 Å². The lowest BCUT2D eigenvalue weighted by molar-refractivity contribution is -0.124. The molecule has 44 heavy (non-hydrogen) atoms. The van der Waals surface area contributed by atoms with Crippen molar-refractivity contribution < 1.29 is 19.2 Å². The van der Waals surface area contributed by atoms with Gasteiger partial charge >= 0.3 is 0 Å². The van der Waals surface area contributed by atoms with E-state index in [0.717, 1.165) is 56.7 Å². The van der Waals surface area contributed by atoms with Crippen molar-refractivity contribution in [2.45, 2.75) is 51.4 Å². The van der Waals surface area contributed by atoms with E-state index in [-0.39, 0.29) is 23.6 Å². The predicted molar refractivity (Wildman–Crippen MR) is 193 cm³/mol. The monoisotopic (exact) mass is 796 g/mol. The van der Waals surface area contributed by atoms with E-state index in [1.165, 1.54) is 9.80 Å². The summed E-state index contributed by atoms with van der Waals surface area (Å²) in [5.74, 6) is -0.676. The highest BCUT2D eigenvalue weighted by atomic mass is 79.9. The summed E-state index contributed by atoms with van der Waals surface area (Å²) in [5.41, 5.74) is 1.47. The van der Waals surface area contributed by atoms with Gasteiger partial charge in [-0.3, -0.25) is 29.0 Å². The van der Waals surface area contributed by atoms with Crippen LogP contribution in [0.3, 0.4) is 0 Å². The lowest BCUT2D eigenvalue weighted by Gasteiger charge is -2.14. The van der Waals surface area contributed by atoms with Crippen LogP contribution in [0.5, 0.6) is 0 Å². The highest BCUT2D eigenvalue weighted by Crippen LogP contribution is 2.42. The van der Waals surface area contributed by atoms with Crippen LogP contribution in [0, 0.1) is 0 Å². The molecule has 0 aromatic heterocycles. The molecule has 2 aliphatic heterocycles. The molecule has 2 saturated heterocycles. The van der Waals surface area contributed by atoms with E-state index >= 15 is 0 Å². The van der Waals surface area contributed by atoms with Gasteiger partial charge in [0, 0.05) is 34.9 Å². The minimum Gasteiger partial charge on any atom is -0.325 e. The third kappa shape index (κ3) is 9.46. The normalized spacial score (nSPS) is 16.7. The molecular weight excluding hydrogens is 768 g/mol. The number of amides is 4. The summed E-state index contributed by atoms with van der Waals surface area (Å²) in [7, 11) is 0. The van der Waals surface area contributed by atoms with Crippen LogP contribution in [-0.4, -0.2) is 55.2 Å². The van der Waals surface area contributed by atoms with Crippen LogP contribution in [0.25, 0.3) is 0 Å². The minimum absolute atomic E-state index is 0.0634. The average Bonchev–Trinajstić information content (AvgIpc) is 3.43. The van der Waals surface area contributed by atoms with Gasteiger partial charge in [-0.2, -0.15) is 0 Å². The Hall–Kier alpha value is -2.10. The van der Waals surface area contributed by atoms with Gasteiger partial charge < -0.3 is 10.6 Å². The summed E-state index contributed by atoms with van der Waals surface area (Å²) in [6.45, 7) is 0.851. The van der Waals surface area contributed by atoms with E-state index in [0.29, 0.717) is 70.1 Å². The van der Waals surface area contributed by atoms with Gasteiger partial charge in [-0.05, 0) is 81.8 Å². The van der Waals surface area contributed by atoms with E-state index in [4.69, 9.17) is 24.4 Å². The Balaban J connectivity index is 1.18. The van der Waals surface area contributed by atoms with Crippen LogP contribution < -0.4 is 10.6 Å². The fourth-order valence-electron chi connectivity index (χ4n) is 4.47. The van der Waals surface area contributed by atoms with Gasteiger partial charge in [0.15, 0.2) is 0 Å². The van der Waals surface area contributed by atoms with Crippen molar-refractivity contribution in [3.63, 3.8) is 0 Å². The molecule has 2 heterocycles. The van der Waals surface area contributed by atoms with E-state index in [1.807, 2.05) is 48.5 Å². The zero-order chi connectivity index (χ0) is 31.6. The fraction of sp³-hybridized carbons (Fsp3) is 0.333. The number of benzene rings is 2. The van der Waals surface area contributed by atoms with Crippen molar-refractivity contribution >= 4 is 123 Å². The van der Waals surface area contributed by atoms with Crippen LogP contribution in [0.4, 0.5) is 11.4 Å². The van der Waals surface area contributed by atoms with Crippen molar-refractivity contribution in [3.05, 3.63) is 67.3 Å². The summed E-state index contributed by atoms with van der Waals surface area (Å²) >= 11 is 20.0. The van der Waals surface area contributed by atoms with Crippen LogP contribution in [0.2, 0.25) is 0 Å². The predicted octanol–water partition coefficient (Wildman–Crippen LogP) is 7.84. The molecule has 2 fully saturated rings. The lowest BCUT2D eigenvalue weighted by atomic mass is 10.1. The number of carbonyl (C=O) groups is 4. The number of unbranched alkanes of at least 4 members (excludes halogenated alkanes) is 4. The standard InChI is InChI=1S/C30H30Br2N4O4S4/c31-19-11-5-7-13-21(19)33-23(37)15-3-1-9-17-35-27(39)25(43-29(35)41)26-28(40)36(30(42)44-26)18-10-2-4-16-24(38)34-22-14-8-6-12-20(22)32/h5-8,11-14H,1-4,9-10,15-18H2,(H,33,37)(H,34,38)/b26-25+. The summed E-state index contributed by atoms with van der Waals surface area (Å²) in [4.78, 5) is 54.7. The number of nitrogens with zero attached hydrogens (tertiary/aromatic N) is 2. The average molecular weight is 799 g/mol. The Kier molecular flexibility index (Phi) is 13.4. The van der Waals surface area contributed by atoms with E-state index in [1.54, 1.807) is 0 Å². The maximum absolute atomic E-state index is 13.2. The summed E-state index contributed by atoms with van der Waals surface area (Å²) in [5, 5.41) is 5.78. The Morgan fingerprint density at radius 1 is 0.636 bits per heavy atom. The lowest BCUT2D eigenvalue weighted by Crippen LogP contribution is -2.31. The molecule has 2 aliphatic rings. The summed E-state index contributed by atoms with van der Waals surface area (Å²) in [6, 6.07) is 14.9. The summed E-state index contributed by atoms with van der Waals surface area (Å²) in [6.07, 6.45) is 4.99. The Morgan fingerprint density at radius 2 is 1.02 bits per heavy atom. The summed E-state index contributed by atoms with van der Waals surface area (Å²) < 4.78 is 2.49. The molecular formula is C30H30Br2N4O4S4. The first kappa shape index (κ1) is 34.8. The maximum atomic E-state index is 13.2. The van der Waals surface area contributed by atoms with Crippen LogP contribution in [0.1, 0.15) is 51.4 Å². The molecule has 232 valence electrons. The molecule has 4 rings (SSSR count). The number of carbonyl (C=O) groups excluding carboxylic acids is 4. The van der Waals surface area contributed by atoms with Gasteiger partial charge in [0.2, 0.25) is 11.8 Å². The first-order valence-corrected chi connectivity index (χ1v) is 18.1. The van der Waals surface area contributed by atoms with Crippen LogP contribution >= 0.6 is 79.8 Å². The molecule has 8 nitrogen and oxygen atoms in total. The van der Waals surface area contributed by atoms with Crippen molar-refractivity contribution in [2.24, 2.45) is 0 Å². The molecule has 0 unspecified atom stereocenters. The fourth-order valence-corrected chi connectivity index (χ4v) is 8.01. The number of hydrogen-bond donors (Lipinski definition) is 2. The third-order valence-corrected chi connectivity index (χ3v) is 11.2. The Labute approximate surface area is 292 Å². The first-order chi connectivity index (χ1) is 21.2. The highest BCUT2D eigenvalue weighted by Gasteiger charge is 2.41. The number of thiocarbonyl (C=S) groups is 2. The third-order valence-electron chi connectivity index (χ3n) is 6.77. The number of rotatable bonds is 14. The molecule has 0 saturated carbocycles. The number of hydrogen-bond acceptors (Lipinski definition) is 8. The van der Waals surface area contributed by atoms with Gasteiger partial charge in [0.1, 0.15) is 8.64 Å². The molecule has 0 bridgehead atoms. The van der Waals surface area contributed by atoms with E-state index in [9.17, 15) is 19.2 Å². The Morgan fingerprint density at radius 3 is 1.41 bits per heavy atom. The smallest absolute Gasteiger partial charge is 0.267 e. The second kappa shape index (κ2) is 17.0.